The molecule has 3 aromatic rings. The van der Waals surface area contributed by atoms with E-state index in [9.17, 15) is 14.7 Å². The van der Waals surface area contributed by atoms with Crippen LogP contribution in [0.4, 0.5) is 5.69 Å². The first kappa shape index (κ1) is 16.0. The fraction of sp³-hybridized carbons (Fsp3) is 0.158. The topological polar surface area (TPSA) is 81.0 Å². The molecule has 0 saturated carbocycles. The molecule has 26 heavy (non-hydrogen) atoms. The summed E-state index contributed by atoms with van der Waals surface area (Å²) in [5.41, 5.74) is 0.247. The fourth-order valence-electron chi connectivity index (χ4n) is 3.05. The number of anilines is 1. The third kappa shape index (κ3) is 2.28. The van der Waals surface area contributed by atoms with Gasteiger partial charge in [0.25, 0.3) is 11.5 Å². The normalized spacial score (nSPS) is 12.4. The summed E-state index contributed by atoms with van der Waals surface area (Å²) in [5.74, 6) is 0.200. The maximum Gasteiger partial charge on any atom is 0.267 e. The summed E-state index contributed by atoms with van der Waals surface area (Å²) in [5, 5.41) is 11.0. The van der Waals surface area contributed by atoms with Gasteiger partial charge in [0, 0.05) is 31.2 Å². The lowest BCUT2D eigenvalue weighted by Crippen LogP contribution is -2.34. The lowest BCUT2D eigenvalue weighted by atomic mass is 10.1. The number of fused-ring (bicyclic) bond motifs is 2. The molecule has 0 aliphatic carbocycles. The van der Waals surface area contributed by atoms with Crippen LogP contribution in [0.1, 0.15) is 10.4 Å². The summed E-state index contributed by atoms with van der Waals surface area (Å²) in [4.78, 5) is 26.9. The SMILES string of the molecule is CN(C(=O)c1c(O)c2ccccc2n(C)c1=O)c1ccc2c(c1)OCO2. The zero-order valence-electron chi connectivity index (χ0n) is 14.2. The molecule has 1 N–H and O–H groups in total. The number of pyridine rings is 1. The third-order valence-electron chi connectivity index (χ3n) is 4.54. The van der Waals surface area contributed by atoms with E-state index in [0.717, 1.165) is 0 Å². The van der Waals surface area contributed by atoms with Crippen molar-refractivity contribution in [3.8, 4) is 17.2 Å². The zero-order valence-corrected chi connectivity index (χ0v) is 14.2. The maximum absolute atomic E-state index is 13.0. The lowest BCUT2D eigenvalue weighted by molar-refractivity contribution is 0.0988. The minimum Gasteiger partial charge on any atom is -0.506 e. The number of para-hydroxylation sites is 1. The molecule has 1 aliphatic heterocycles. The van der Waals surface area contributed by atoms with E-state index in [-0.39, 0.29) is 18.1 Å². The standard InChI is InChI=1S/C19H16N2O5/c1-20(11-7-8-14-15(9-11)26-10-25-14)18(23)16-17(22)12-5-3-4-6-13(12)21(2)19(16)24/h3-9,22H,10H2,1-2H3. The monoisotopic (exact) mass is 352 g/mol. The Morgan fingerprint density at radius 2 is 1.88 bits per heavy atom. The number of hydrogen-bond acceptors (Lipinski definition) is 5. The van der Waals surface area contributed by atoms with Gasteiger partial charge in [-0.25, -0.2) is 0 Å². The average molecular weight is 352 g/mol. The molecule has 2 aromatic carbocycles. The molecule has 0 fully saturated rings. The molecule has 0 bridgehead atoms. The van der Waals surface area contributed by atoms with Crippen molar-refractivity contribution in [3.05, 3.63) is 58.4 Å². The van der Waals surface area contributed by atoms with Crippen molar-refractivity contribution in [2.24, 2.45) is 7.05 Å². The van der Waals surface area contributed by atoms with Gasteiger partial charge < -0.3 is 24.0 Å². The van der Waals surface area contributed by atoms with E-state index in [1.54, 1.807) is 49.5 Å². The van der Waals surface area contributed by atoms with Gasteiger partial charge in [0.1, 0.15) is 11.3 Å². The number of rotatable bonds is 2. The van der Waals surface area contributed by atoms with Gasteiger partial charge in [-0.15, -0.1) is 0 Å². The second kappa shape index (κ2) is 5.80. The first-order chi connectivity index (χ1) is 12.5. The van der Waals surface area contributed by atoms with Gasteiger partial charge >= 0.3 is 0 Å². The van der Waals surface area contributed by atoms with Crippen LogP contribution in [0.3, 0.4) is 0 Å². The summed E-state index contributed by atoms with van der Waals surface area (Å²) >= 11 is 0. The smallest absolute Gasteiger partial charge is 0.267 e. The van der Waals surface area contributed by atoms with Gasteiger partial charge in [-0.3, -0.25) is 9.59 Å². The summed E-state index contributed by atoms with van der Waals surface area (Å²) in [6.07, 6.45) is 0. The van der Waals surface area contributed by atoms with Crippen LogP contribution in [-0.4, -0.2) is 29.4 Å². The number of ether oxygens (including phenoxy) is 2. The maximum atomic E-state index is 13.0. The van der Waals surface area contributed by atoms with Crippen molar-refractivity contribution >= 4 is 22.5 Å². The van der Waals surface area contributed by atoms with E-state index >= 15 is 0 Å². The Balaban J connectivity index is 1.82. The van der Waals surface area contributed by atoms with Crippen molar-refractivity contribution in [1.82, 2.24) is 4.57 Å². The van der Waals surface area contributed by atoms with Gasteiger partial charge in [0.15, 0.2) is 11.5 Å². The number of nitrogens with zero attached hydrogens (tertiary/aromatic N) is 2. The average Bonchev–Trinajstić information content (AvgIpc) is 3.13. The van der Waals surface area contributed by atoms with Crippen molar-refractivity contribution in [3.63, 3.8) is 0 Å². The third-order valence-corrected chi connectivity index (χ3v) is 4.54. The van der Waals surface area contributed by atoms with Crippen LogP contribution >= 0.6 is 0 Å². The Bertz CT molecular complexity index is 1100. The summed E-state index contributed by atoms with van der Waals surface area (Å²) in [6.45, 7) is 0.127. The van der Waals surface area contributed by atoms with Crippen molar-refractivity contribution in [2.45, 2.75) is 0 Å². The molecular weight excluding hydrogens is 336 g/mol. The molecule has 132 valence electrons. The van der Waals surface area contributed by atoms with Crippen LogP contribution in [0, 0.1) is 0 Å². The molecule has 1 aliphatic rings. The molecule has 0 saturated heterocycles. The Morgan fingerprint density at radius 3 is 2.69 bits per heavy atom. The highest BCUT2D eigenvalue weighted by Gasteiger charge is 2.25. The van der Waals surface area contributed by atoms with Crippen LogP contribution in [0.5, 0.6) is 17.2 Å². The number of aryl methyl sites for hydroxylation is 1. The van der Waals surface area contributed by atoms with Crippen LogP contribution in [-0.2, 0) is 7.05 Å². The lowest BCUT2D eigenvalue weighted by Gasteiger charge is -2.19. The molecule has 0 unspecified atom stereocenters. The van der Waals surface area contributed by atoms with E-state index in [1.807, 2.05) is 0 Å². The molecular formula is C19H16N2O5. The molecule has 0 spiro atoms. The van der Waals surface area contributed by atoms with E-state index in [0.29, 0.717) is 28.1 Å². The summed E-state index contributed by atoms with van der Waals surface area (Å²) < 4.78 is 11.9. The first-order valence-electron chi connectivity index (χ1n) is 7.97. The molecule has 0 atom stereocenters. The minimum atomic E-state index is -0.604. The predicted molar refractivity (Wildman–Crippen MR) is 96.2 cm³/mol. The Morgan fingerprint density at radius 1 is 1.15 bits per heavy atom. The highest BCUT2D eigenvalue weighted by atomic mass is 16.7. The highest BCUT2D eigenvalue weighted by molar-refractivity contribution is 6.10. The molecule has 7 nitrogen and oxygen atoms in total. The molecule has 1 aromatic heterocycles. The van der Waals surface area contributed by atoms with Crippen LogP contribution in [0.15, 0.2) is 47.3 Å². The van der Waals surface area contributed by atoms with Crippen molar-refractivity contribution < 1.29 is 19.4 Å². The Hall–Kier alpha value is -3.48. The molecule has 4 rings (SSSR count). The van der Waals surface area contributed by atoms with Crippen molar-refractivity contribution in [2.75, 3.05) is 18.7 Å². The van der Waals surface area contributed by atoms with Crippen molar-refractivity contribution in [1.29, 1.82) is 0 Å². The first-order valence-corrected chi connectivity index (χ1v) is 7.97. The fourth-order valence-corrected chi connectivity index (χ4v) is 3.05. The zero-order chi connectivity index (χ0) is 18.4. The highest BCUT2D eigenvalue weighted by Crippen LogP contribution is 2.36. The molecule has 1 amide bonds. The quantitative estimate of drug-likeness (QED) is 0.765. The number of aromatic hydroxyl groups is 1. The Kier molecular flexibility index (Phi) is 3.57. The Labute approximate surface area is 148 Å². The number of aromatic nitrogens is 1. The number of hydrogen-bond donors (Lipinski definition) is 1. The van der Waals surface area contributed by atoms with E-state index in [4.69, 9.17) is 9.47 Å². The van der Waals surface area contributed by atoms with Gasteiger partial charge in [-0.05, 0) is 24.3 Å². The number of benzene rings is 2. The van der Waals surface area contributed by atoms with E-state index < -0.39 is 11.5 Å². The second-order valence-corrected chi connectivity index (χ2v) is 6.01. The van der Waals surface area contributed by atoms with E-state index in [2.05, 4.69) is 0 Å². The van der Waals surface area contributed by atoms with Crippen LogP contribution in [0.25, 0.3) is 10.9 Å². The second-order valence-electron chi connectivity index (χ2n) is 6.01. The number of amides is 1. The van der Waals surface area contributed by atoms with Gasteiger partial charge in [-0.2, -0.15) is 0 Å². The van der Waals surface area contributed by atoms with Crippen LogP contribution in [0.2, 0.25) is 0 Å². The summed E-state index contributed by atoms with van der Waals surface area (Å²) in [6, 6.07) is 11.9. The van der Waals surface area contributed by atoms with Gasteiger partial charge in [0.05, 0.1) is 5.52 Å². The van der Waals surface area contributed by atoms with E-state index in [1.165, 1.54) is 16.5 Å². The van der Waals surface area contributed by atoms with Gasteiger partial charge in [-0.1, -0.05) is 12.1 Å². The van der Waals surface area contributed by atoms with Gasteiger partial charge in [0.2, 0.25) is 6.79 Å². The number of carbonyl (C=O) groups excluding carboxylic acids is 1. The molecule has 0 radical (unpaired) electrons. The minimum absolute atomic E-state index is 0.127. The molecule has 2 heterocycles. The number of carbonyl (C=O) groups is 1. The summed E-state index contributed by atoms with van der Waals surface area (Å²) in [7, 11) is 3.11. The van der Waals surface area contributed by atoms with Crippen LogP contribution < -0.4 is 19.9 Å². The predicted octanol–water partition coefficient (Wildman–Crippen LogP) is 2.25. The molecule has 7 heteroatoms. The largest absolute Gasteiger partial charge is 0.506 e.